The van der Waals surface area contributed by atoms with Crippen molar-refractivity contribution in [2.24, 2.45) is 0 Å². The van der Waals surface area contributed by atoms with Gasteiger partial charge in [-0.25, -0.2) is 0 Å². The van der Waals surface area contributed by atoms with E-state index in [1.54, 1.807) is 12.4 Å². The topological polar surface area (TPSA) is 35.0 Å². The average molecular weight is 252 g/mol. The summed E-state index contributed by atoms with van der Waals surface area (Å²) in [6, 6.07) is 12.1. The highest BCUT2D eigenvalue weighted by molar-refractivity contribution is 6.02. The van der Waals surface area contributed by atoms with Gasteiger partial charge in [0, 0.05) is 36.4 Å². The van der Waals surface area contributed by atoms with E-state index in [0.29, 0.717) is 0 Å². The average Bonchev–Trinajstić information content (AvgIpc) is 3.07. The van der Waals surface area contributed by atoms with Gasteiger partial charge in [-0.1, -0.05) is 24.3 Å². The highest BCUT2D eigenvalue weighted by Gasteiger charge is 2.00. The van der Waals surface area contributed by atoms with Gasteiger partial charge in [-0.2, -0.15) is 0 Å². The van der Waals surface area contributed by atoms with Crippen molar-refractivity contribution in [3.63, 3.8) is 0 Å². The Labute approximate surface area is 112 Å². The fourth-order valence-corrected chi connectivity index (χ4v) is 2.19. The number of fused-ring (bicyclic) bond motifs is 3. The zero-order chi connectivity index (χ0) is 12.9. The standard InChI is InChI=1S/C12H8N2.C4H8O/c1-3-9-5-6-10-4-2-8-14-12(10)11(9)13-7-1;1-2-4-5-3-1/h1-8H;1-4H2. The van der Waals surface area contributed by atoms with Crippen molar-refractivity contribution in [2.45, 2.75) is 12.8 Å². The Hall–Kier alpha value is -2.00. The fraction of sp³-hybridized carbons (Fsp3) is 0.250. The summed E-state index contributed by atoms with van der Waals surface area (Å²) in [4.78, 5) is 8.69. The van der Waals surface area contributed by atoms with Crippen LogP contribution in [0.4, 0.5) is 0 Å². The molecule has 0 amide bonds. The Morgan fingerprint density at radius 1 is 0.737 bits per heavy atom. The molecule has 3 aromatic rings. The summed E-state index contributed by atoms with van der Waals surface area (Å²) in [5.74, 6) is 0. The molecule has 1 saturated heterocycles. The summed E-state index contributed by atoms with van der Waals surface area (Å²) >= 11 is 0. The van der Waals surface area contributed by atoms with E-state index in [0.717, 1.165) is 35.0 Å². The molecule has 0 saturated carbocycles. The van der Waals surface area contributed by atoms with E-state index < -0.39 is 0 Å². The fourth-order valence-electron chi connectivity index (χ4n) is 2.19. The third-order valence-corrected chi connectivity index (χ3v) is 3.17. The lowest BCUT2D eigenvalue weighted by molar-refractivity contribution is 0.198. The third kappa shape index (κ3) is 2.71. The Balaban J connectivity index is 0.000000187. The Kier molecular flexibility index (Phi) is 3.65. The van der Waals surface area contributed by atoms with Crippen LogP contribution < -0.4 is 0 Å². The van der Waals surface area contributed by atoms with Gasteiger partial charge < -0.3 is 4.74 Å². The molecule has 3 heteroatoms. The molecule has 1 aliphatic rings. The number of nitrogens with zero attached hydrogens (tertiary/aromatic N) is 2. The highest BCUT2D eigenvalue weighted by Crippen LogP contribution is 2.20. The smallest absolute Gasteiger partial charge is 0.0964 e. The minimum absolute atomic E-state index is 0.977. The number of pyridine rings is 2. The van der Waals surface area contributed by atoms with Crippen LogP contribution in [0.1, 0.15) is 12.8 Å². The van der Waals surface area contributed by atoms with E-state index in [9.17, 15) is 0 Å². The summed E-state index contributed by atoms with van der Waals surface area (Å²) in [6.45, 7) is 2.00. The Morgan fingerprint density at radius 2 is 1.26 bits per heavy atom. The highest BCUT2D eigenvalue weighted by atomic mass is 16.5. The molecule has 19 heavy (non-hydrogen) atoms. The first kappa shape index (κ1) is 12.1. The van der Waals surface area contributed by atoms with Gasteiger partial charge in [0.2, 0.25) is 0 Å². The minimum Gasteiger partial charge on any atom is -0.381 e. The van der Waals surface area contributed by atoms with E-state index in [-0.39, 0.29) is 0 Å². The van der Waals surface area contributed by atoms with Gasteiger partial charge in [-0.05, 0) is 25.0 Å². The van der Waals surface area contributed by atoms with E-state index in [1.165, 1.54) is 12.8 Å². The van der Waals surface area contributed by atoms with Crippen molar-refractivity contribution < 1.29 is 4.74 Å². The van der Waals surface area contributed by atoms with Crippen LogP contribution in [0.2, 0.25) is 0 Å². The number of benzene rings is 1. The van der Waals surface area contributed by atoms with Crippen LogP contribution in [0.25, 0.3) is 21.8 Å². The van der Waals surface area contributed by atoms with E-state index in [4.69, 9.17) is 4.74 Å². The Bertz CT molecular complexity index is 615. The minimum atomic E-state index is 0.977. The van der Waals surface area contributed by atoms with Gasteiger partial charge in [0.15, 0.2) is 0 Å². The van der Waals surface area contributed by atoms with Crippen LogP contribution in [0.3, 0.4) is 0 Å². The maximum absolute atomic E-state index is 4.94. The van der Waals surface area contributed by atoms with E-state index >= 15 is 0 Å². The van der Waals surface area contributed by atoms with Crippen LogP contribution in [0, 0.1) is 0 Å². The molecule has 3 nitrogen and oxygen atoms in total. The molecule has 96 valence electrons. The van der Waals surface area contributed by atoms with E-state index in [1.807, 2.05) is 12.1 Å². The summed E-state index contributed by atoms with van der Waals surface area (Å²) in [6.07, 6.45) is 6.16. The molecule has 1 aromatic carbocycles. The van der Waals surface area contributed by atoms with Crippen LogP contribution in [0.5, 0.6) is 0 Å². The second kappa shape index (κ2) is 5.76. The van der Waals surface area contributed by atoms with Gasteiger partial charge in [0.1, 0.15) is 0 Å². The zero-order valence-corrected chi connectivity index (χ0v) is 10.7. The predicted octanol–water partition coefficient (Wildman–Crippen LogP) is 3.58. The lowest BCUT2D eigenvalue weighted by atomic mass is 10.1. The van der Waals surface area contributed by atoms with Crippen molar-refractivity contribution in [1.29, 1.82) is 0 Å². The lowest BCUT2D eigenvalue weighted by Crippen LogP contribution is -1.83. The quantitative estimate of drug-likeness (QED) is 0.574. The summed E-state index contributed by atoms with van der Waals surface area (Å²) < 4.78 is 4.94. The second-order valence-electron chi connectivity index (χ2n) is 4.54. The van der Waals surface area contributed by atoms with Crippen molar-refractivity contribution in [3.05, 3.63) is 48.8 Å². The normalized spacial score (nSPS) is 14.3. The van der Waals surface area contributed by atoms with Crippen LogP contribution in [-0.4, -0.2) is 23.2 Å². The predicted molar refractivity (Wildman–Crippen MR) is 77.1 cm³/mol. The number of hydrogen-bond donors (Lipinski definition) is 0. The van der Waals surface area contributed by atoms with Gasteiger partial charge in [0.05, 0.1) is 11.0 Å². The number of rotatable bonds is 0. The van der Waals surface area contributed by atoms with Crippen molar-refractivity contribution in [1.82, 2.24) is 9.97 Å². The van der Waals surface area contributed by atoms with Crippen LogP contribution >= 0.6 is 0 Å². The third-order valence-electron chi connectivity index (χ3n) is 3.17. The molecule has 4 rings (SSSR count). The monoisotopic (exact) mass is 252 g/mol. The molecule has 3 heterocycles. The van der Waals surface area contributed by atoms with Gasteiger partial charge >= 0.3 is 0 Å². The molecule has 1 fully saturated rings. The van der Waals surface area contributed by atoms with Crippen molar-refractivity contribution in [2.75, 3.05) is 13.2 Å². The van der Waals surface area contributed by atoms with Gasteiger partial charge in [-0.3, -0.25) is 9.97 Å². The van der Waals surface area contributed by atoms with Crippen LogP contribution in [0.15, 0.2) is 48.8 Å². The molecular formula is C16H16N2O. The molecule has 0 N–H and O–H groups in total. The maximum atomic E-state index is 4.94. The molecule has 0 spiro atoms. The SMILES string of the molecule is C1CCOC1.c1cnc2c(c1)ccc1cccnc12. The first-order chi connectivity index (χ1) is 9.45. The van der Waals surface area contributed by atoms with Gasteiger partial charge in [-0.15, -0.1) is 0 Å². The Morgan fingerprint density at radius 3 is 1.68 bits per heavy atom. The van der Waals surface area contributed by atoms with Crippen molar-refractivity contribution in [3.8, 4) is 0 Å². The molecule has 0 aliphatic carbocycles. The molecule has 0 bridgehead atoms. The second-order valence-corrected chi connectivity index (χ2v) is 4.54. The molecule has 0 atom stereocenters. The lowest BCUT2D eigenvalue weighted by Gasteiger charge is -2.00. The molecule has 2 aromatic heterocycles. The van der Waals surface area contributed by atoms with E-state index in [2.05, 4.69) is 34.2 Å². The molecule has 0 radical (unpaired) electrons. The molecule has 0 unspecified atom stereocenters. The molecular weight excluding hydrogens is 236 g/mol. The first-order valence-corrected chi connectivity index (χ1v) is 6.61. The summed E-state index contributed by atoms with van der Waals surface area (Å²) in [5, 5.41) is 2.28. The first-order valence-electron chi connectivity index (χ1n) is 6.61. The van der Waals surface area contributed by atoms with Crippen molar-refractivity contribution >= 4 is 21.8 Å². The largest absolute Gasteiger partial charge is 0.381 e. The summed E-state index contributed by atoms with van der Waals surface area (Å²) in [5.41, 5.74) is 1.95. The summed E-state index contributed by atoms with van der Waals surface area (Å²) in [7, 11) is 0. The zero-order valence-electron chi connectivity index (χ0n) is 10.7. The maximum Gasteiger partial charge on any atom is 0.0964 e. The number of ether oxygens (including phenoxy) is 1. The number of aromatic nitrogens is 2. The van der Waals surface area contributed by atoms with Gasteiger partial charge in [0.25, 0.3) is 0 Å². The number of hydrogen-bond acceptors (Lipinski definition) is 3. The van der Waals surface area contributed by atoms with Crippen LogP contribution in [-0.2, 0) is 4.74 Å². The molecule has 1 aliphatic heterocycles.